The normalized spacial score (nSPS) is 22.9. The molecule has 0 amide bonds. The molecule has 2 fully saturated rings. The lowest BCUT2D eigenvalue weighted by molar-refractivity contribution is 0.0996. The molecule has 27 heavy (non-hydrogen) atoms. The predicted octanol–water partition coefficient (Wildman–Crippen LogP) is 2.99. The van der Waals surface area contributed by atoms with E-state index >= 15 is 0 Å². The summed E-state index contributed by atoms with van der Waals surface area (Å²) in [6.07, 6.45) is 9.64. The van der Waals surface area contributed by atoms with Crippen molar-refractivity contribution in [2.75, 3.05) is 13.7 Å². The van der Waals surface area contributed by atoms with Crippen LogP contribution >= 0.6 is 0 Å². The van der Waals surface area contributed by atoms with Crippen molar-refractivity contribution in [3.8, 4) is 22.8 Å². The van der Waals surface area contributed by atoms with Gasteiger partial charge in [-0.2, -0.15) is 0 Å². The second kappa shape index (κ2) is 6.50. The van der Waals surface area contributed by atoms with Crippen molar-refractivity contribution in [3.05, 3.63) is 35.8 Å². The van der Waals surface area contributed by atoms with E-state index in [9.17, 15) is 5.02 Å². The number of nitrogens with zero attached hydrogens (tertiary/aromatic N) is 2. The maximum Gasteiger partial charge on any atom is 0.454 e. The molecule has 0 bridgehead atoms. The number of benzene rings is 1. The van der Waals surface area contributed by atoms with Crippen molar-refractivity contribution in [1.82, 2.24) is 9.97 Å². The van der Waals surface area contributed by atoms with E-state index in [0.29, 0.717) is 12.9 Å². The Hall–Kier alpha value is -2.12. The number of aromatic nitrogens is 2. The van der Waals surface area contributed by atoms with Gasteiger partial charge in [0.05, 0.1) is 24.7 Å². The molecule has 6 nitrogen and oxygen atoms in total. The van der Waals surface area contributed by atoms with Gasteiger partial charge in [-0.05, 0) is 44.1 Å². The highest BCUT2D eigenvalue weighted by atomic mass is 16.5. The average Bonchev–Trinajstić information content (AvgIpc) is 3.41. The Morgan fingerprint density at radius 2 is 2.11 bits per heavy atom. The molecule has 3 heterocycles. The fraction of sp³-hybridized carbons (Fsp3) is 0.500. The Balaban J connectivity index is 1.54. The summed E-state index contributed by atoms with van der Waals surface area (Å²) < 4.78 is 17.3. The lowest BCUT2D eigenvalue weighted by Crippen LogP contribution is -2.30. The Labute approximate surface area is 159 Å². The van der Waals surface area contributed by atoms with Gasteiger partial charge in [0.1, 0.15) is 5.60 Å². The lowest BCUT2D eigenvalue weighted by atomic mass is 9.81. The van der Waals surface area contributed by atoms with Gasteiger partial charge in [0.25, 0.3) is 0 Å². The minimum atomic E-state index is -0.707. The van der Waals surface area contributed by atoms with Crippen molar-refractivity contribution in [3.63, 3.8) is 0 Å². The van der Waals surface area contributed by atoms with E-state index in [1.54, 1.807) is 19.5 Å². The number of fused-ring (bicyclic) bond motifs is 1. The molecule has 0 unspecified atom stereocenters. The number of ether oxygens (including phenoxy) is 2. The van der Waals surface area contributed by atoms with Crippen LogP contribution in [0, 0.1) is 0 Å². The van der Waals surface area contributed by atoms with Crippen LogP contribution in [0.3, 0.4) is 0 Å². The van der Waals surface area contributed by atoms with Crippen LogP contribution in [0.1, 0.15) is 42.9 Å². The molecule has 1 saturated heterocycles. The first-order valence-electron chi connectivity index (χ1n) is 9.68. The van der Waals surface area contributed by atoms with E-state index in [-0.39, 0.29) is 11.5 Å². The topological polar surface area (TPSA) is 73.7 Å². The summed E-state index contributed by atoms with van der Waals surface area (Å²) in [5.41, 5.74) is 3.85. The van der Waals surface area contributed by atoms with E-state index in [2.05, 4.69) is 11.1 Å². The Bertz CT molecular complexity index is 869. The van der Waals surface area contributed by atoms with Gasteiger partial charge in [-0.3, -0.25) is 4.98 Å². The molecule has 1 N–H and O–H groups in total. The van der Waals surface area contributed by atoms with E-state index in [4.69, 9.17) is 19.1 Å². The van der Waals surface area contributed by atoms with E-state index < -0.39 is 7.12 Å². The van der Waals surface area contributed by atoms with Crippen molar-refractivity contribution >= 4 is 7.12 Å². The van der Waals surface area contributed by atoms with Crippen LogP contribution in [-0.4, -0.2) is 41.4 Å². The van der Waals surface area contributed by atoms with Crippen LogP contribution in [0.25, 0.3) is 11.3 Å². The molecule has 1 aromatic heterocycles. The predicted molar refractivity (Wildman–Crippen MR) is 101 cm³/mol. The molecule has 140 valence electrons. The minimum absolute atomic E-state index is 0.0798. The molecule has 1 aliphatic carbocycles. The van der Waals surface area contributed by atoms with E-state index in [1.165, 1.54) is 18.4 Å². The highest BCUT2D eigenvalue weighted by molar-refractivity contribution is 6.43. The summed E-state index contributed by atoms with van der Waals surface area (Å²) in [4.78, 5) is 9.27. The molecule has 5 rings (SSSR count). The monoisotopic (exact) mass is 366 g/mol. The highest BCUT2D eigenvalue weighted by Crippen LogP contribution is 2.51. The van der Waals surface area contributed by atoms with Crippen LogP contribution in [0.2, 0.25) is 6.32 Å². The molecule has 7 heteroatoms. The van der Waals surface area contributed by atoms with Gasteiger partial charge in [-0.15, -0.1) is 0 Å². The average molecular weight is 366 g/mol. The third kappa shape index (κ3) is 2.89. The minimum Gasteiger partial charge on any atom is -0.493 e. The third-order valence-corrected chi connectivity index (χ3v) is 6.10. The van der Waals surface area contributed by atoms with Crippen LogP contribution in [0.15, 0.2) is 24.5 Å². The van der Waals surface area contributed by atoms with Gasteiger partial charge in [-0.25, -0.2) is 4.98 Å². The van der Waals surface area contributed by atoms with Crippen LogP contribution < -0.4 is 9.47 Å². The number of hydrogen-bond acceptors (Lipinski definition) is 6. The first kappa shape index (κ1) is 17.0. The zero-order valence-corrected chi connectivity index (χ0v) is 15.5. The second-order valence-electron chi connectivity index (χ2n) is 7.84. The molecule has 1 atom stereocenters. The van der Waals surface area contributed by atoms with Crippen LogP contribution in [0.5, 0.6) is 11.5 Å². The Kier molecular flexibility index (Phi) is 4.09. The number of methoxy groups -OCH3 is 1. The molecule has 1 saturated carbocycles. The summed E-state index contributed by atoms with van der Waals surface area (Å²) in [5.74, 6) is 1.73. The SMILES string of the molecule is COc1ccc(-c2cncc([C@@H]3COB(O)C3)n2)c2c1OC1(CCCC1)C2. The lowest BCUT2D eigenvalue weighted by Gasteiger charge is -2.22. The van der Waals surface area contributed by atoms with Crippen LogP contribution in [-0.2, 0) is 11.1 Å². The number of rotatable bonds is 3. The zero-order valence-electron chi connectivity index (χ0n) is 15.5. The fourth-order valence-corrected chi connectivity index (χ4v) is 4.69. The van der Waals surface area contributed by atoms with Crippen molar-refractivity contribution in [1.29, 1.82) is 0 Å². The van der Waals surface area contributed by atoms with Crippen molar-refractivity contribution < 1.29 is 19.2 Å². The van der Waals surface area contributed by atoms with E-state index in [0.717, 1.165) is 47.7 Å². The van der Waals surface area contributed by atoms with Gasteiger partial charge >= 0.3 is 7.12 Å². The molecule has 1 spiro atoms. The highest BCUT2D eigenvalue weighted by Gasteiger charge is 2.44. The summed E-state index contributed by atoms with van der Waals surface area (Å²) in [5, 5.41) is 9.65. The van der Waals surface area contributed by atoms with Crippen molar-refractivity contribution in [2.45, 2.75) is 49.9 Å². The molecule has 0 radical (unpaired) electrons. The Morgan fingerprint density at radius 1 is 1.26 bits per heavy atom. The molecule has 3 aliphatic rings. The first-order chi connectivity index (χ1) is 13.2. The van der Waals surface area contributed by atoms with E-state index in [1.807, 2.05) is 6.07 Å². The molecular formula is C20H23BN2O4. The summed E-state index contributed by atoms with van der Waals surface area (Å²) in [6.45, 7) is 0.478. The van der Waals surface area contributed by atoms with Gasteiger partial charge < -0.3 is 19.2 Å². The maximum absolute atomic E-state index is 9.65. The third-order valence-electron chi connectivity index (χ3n) is 6.10. The first-order valence-corrected chi connectivity index (χ1v) is 9.68. The maximum atomic E-state index is 9.65. The fourth-order valence-electron chi connectivity index (χ4n) is 4.69. The second-order valence-corrected chi connectivity index (χ2v) is 7.84. The largest absolute Gasteiger partial charge is 0.493 e. The standard InChI is InChI=1S/C20H23BN2O4/c1-25-18-5-4-14(15-8-20(27-19(15)18)6-2-3-7-20)17-11-22-10-16(23-17)13-9-21(24)26-12-13/h4-5,10-11,13,24H,2-3,6-9,12H2,1H3/t13-/m0/s1. The molecular weight excluding hydrogens is 343 g/mol. The molecule has 2 aliphatic heterocycles. The van der Waals surface area contributed by atoms with Crippen molar-refractivity contribution in [2.24, 2.45) is 0 Å². The summed E-state index contributed by atoms with van der Waals surface area (Å²) in [6, 6.07) is 4.02. The van der Waals surface area contributed by atoms with Gasteiger partial charge in [0.15, 0.2) is 11.5 Å². The van der Waals surface area contributed by atoms with Gasteiger partial charge in [0, 0.05) is 36.3 Å². The Morgan fingerprint density at radius 3 is 2.85 bits per heavy atom. The quantitative estimate of drug-likeness (QED) is 0.842. The van der Waals surface area contributed by atoms with Gasteiger partial charge in [0.2, 0.25) is 0 Å². The summed E-state index contributed by atoms with van der Waals surface area (Å²) in [7, 11) is 0.978. The smallest absolute Gasteiger partial charge is 0.454 e. The molecule has 1 aromatic carbocycles. The zero-order chi connectivity index (χ0) is 18.4. The van der Waals surface area contributed by atoms with Crippen LogP contribution in [0.4, 0.5) is 0 Å². The summed E-state index contributed by atoms with van der Waals surface area (Å²) >= 11 is 0. The molecule has 2 aromatic rings. The van der Waals surface area contributed by atoms with Gasteiger partial charge in [-0.1, -0.05) is 0 Å². The number of hydrogen-bond donors (Lipinski definition) is 1.